The Bertz CT molecular complexity index is 708. The number of nitrogens with zero attached hydrogens (tertiary/aromatic N) is 1. The zero-order valence-electron chi connectivity index (χ0n) is 14.6. The topological polar surface area (TPSA) is 22.1 Å². The van der Waals surface area contributed by atoms with Crippen LogP contribution >= 0.6 is 11.8 Å². The van der Waals surface area contributed by atoms with E-state index < -0.39 is 11.6 Å². The monoisotopic (exact) mass is 363 g/mol. The molecule has 134 valence electrons. The molecule has 2 aromatic rings. The Morgan fingerprint density at radius 2 is 1.96 bits per heavy atom. The third-order valence-corrected chi connectivity index (χ3v) is 5.65. The summed E-state index contributed by atoms with van der Waals surface area (Å²) >= 11 is 1.73. The summed E-state index contributed by atoms with van der Waals surface area (Å²) in [4.78, 5) is 4.40. The maximum absolute atomic E-state index is 14.3. The molecule has 0 unspecified atom stereocenters. The van der Waals surface area contributed by atoms with Crippen LogP contribution in [0.25, 0.3) is 0 Å². The lowest BCUT2D eigenvalue weighted by molar-refractivity contribution is 0.270. The molecule has 0 aliphatic heterocycles. The first-order valence-electron chi connectivity index (χ1n) is 8.74. The zero-order valence-corrected chi connectivity index (χ0v) is 15.4. The van der Waals surface area contributed by atoms with Crippen molar-refractivity contribution >= 4 is 11.8 Å². The maximum Gasteiger partial charge on any atom is 0.191 e. The number of hydrogen-bond donors (Lipinski definition) is 0. The molecule has 0 spiro atoms. The minimum Gasteiger partial charge on any atom is -0.483 e. The Morgan fingerprint density at radius 1 is 1.24 bits per heavy atom. The Balaban J connectivity index is 1.71. The first kappa shape index (κ1) is 18.2. The van der Waals surface area contributed by atoms with Crippen molar-refractivity contribution in [3.8, 4) is 5.75 Å². The van der Waals surface area contributed by atoms with Crippen molar-refractivity contribution in [2.75, 3.05) is 0 Å². The third-order valence-electron chi connectivity index (χ3n) is 4.25. The molecule has 3 rings (SSSR count). The number of ether oxygens (including phenoxy) is 1. The number of aromatic nitrogens is 1. The lowest BCUT2D eigenvalue weighted by Gasteiger charge is -2.24. The smallest absolute Gasteiger partial charge is 0.191 e. The van der Waals surface area contributed by atoms with E-state index in [-0.39, 0.29) is 12.4 Å². The molecule has 1 aliphatic carbocycles. The van der Waals surface area contributed by atoms with Crippen molar-refractivity contribution in [2.45, 2.75) is 56.4 Å². The molecule has 1 aromatic heterocycles. The van der Waals surface area contributed by atoms with Crippen LogP contribution in [0.2, 0.25) is 0 Å². The second-order valence-electron chi connectivity index (χ2n) is 6.91. The van der Waals surface area contributed by atoms with Gasteiger partial charge in [-0.25, -0.2) is 13.8 Å². The zero-order chi connectivity index (χ0) is 17.8. The van der Waals surface area contributed by atoms with Gasteiger partial charge in [-0.1, -0.05) is 26.3 Å². The van der Waals surface area contributed by atoms with E-state index in [1.165, 1.54) is 31.4 Å². The second kappa shape index (κ2) is 8.17. The standard InChI is InChI=1S/C20H23F2NOS/c1-13(2)9-14-10-17(21)19(18(22)11-14)24-12-15-5-4-8-23-20(15)25-16-6-3-7-16/h4-5,8,10-11,13,16H,3,6-7,9,12H2,1-2H3. The van der Waals surface area contributed by atoms with Crippen molar-refractivity contribution in [3.63, 3.8) is 0 Å². The molecule has 1 saturated carbocycles. The first-order valence-corrected chi connectivity index (χ1v) is 9.62. The van der Waals surface area contributed by atoms with Gasteiger partial charge in [-0.3, -0.25) is 0 Å². The van der Waals surface area contributed by atoms with Gasteiger partial charge in [0.1, 0.15) is 11.6 Å². The predicted molar refractivity (Wildman–Crippen MR) is 97.0 cm³/mol. The Morgan fingerprint density at radius 3 is 2.56 bits per heavy atom. The molecule has 25 heavy (non-hydrogen) atoms. The lowest BCUT2D eigenvalue weighted by Crippen LogP contribution is -2.14. The summed E-state index contributed by atoms with van der Waals surface area (Å²) in [5.74, 6) is -1.26. The van der Waals surface area contributed by atoms with Gasteiger partial charge in [0.2, 0.25) is 0 Å². The van der Waals surface area contributed by atoms with Gasteiger partial charge in [0.25, 0.3) is 0 Å². The van der Waals surface area contributed by atoms with Gasteiger partial charge >= 0.3 is 0 Å². The third kappa shape index (κ3) is 4.72. The summed E-state index contributed by atoms with van der Waals surface area (Å²) in [5.41, 5.74) is 1.52. The fraction of sp³-hybridized carbons (Fsp3) is 0.450. The summed E-state index contributed by atoms with van der Waals surface area (Å²) in [7, 11) is 0. The minimum absolute atomic E-state index is 0.111. The Hall–Kier alpha value is -1.62. The summed E-state index contributed by atoms with van der Waals surface area (Å²) in [5, 5.41) is 1.49. The quantitative estimate of drug-likeness (QED) is 0.622. The minimum atomic E-state index is -0.646. The van der Waals surface area contributed by atoms with Gasteiger partial charge < -0.3 is 4.74 Å². The Labute approximate surface area is 152 Å². The maximum atomic E-state index is 14.3. The van der Waals surface area contributed by atoms with Crippen LogP contribution < -0.4 is 4.74 Å². The number of thioether (sulfide) groups is 1. The van der Waals surface area contributed by atoms with Crippen LogP contribution in [0, 0.1) is 17.6 Å². The average Bonchev–Trinajstić information content (AvgIpc) is 2.50. The molecular formula is C20H23F2NOS. The summed E-state index contributed by atoms with van der Waals surface area (Å²) < 4.78 is 34.0. The molecule has 1 heterocycles. The van der Waals surface area contributed by atoms with Gasteiger partial charge in [0, 0.05) is 17.0 Å². The number of pyridine rings is 1. The number of rotatable bonds is 7. The largest absolute Gasteiger partial charge is 0.483 e. The number of hydrogen-bond acceptors (Lipinski definition) is 3. The predicted octanol–water partition coefficient (Wildman–Crippen LogP) is 5.78. The van der Waals surface area contributed by atoms with Crippen molar-refractivity contribution in [1.29, 1.82) is 0 Å². The number of halogens is 2. The molecule has 0 saturated heterocycles. The van der Waals surface area contributed by atoms with Crippen LogP contribution in [-0.4, -0.2) is 10.2 Å². The van der Waals surface area contributed by atoms with E-state index in [9.17, 15) is 8.78 Å². The van der Waals surface area contributed by atoms with Crippen molar-refractivity contribution in [1.82, 2.24) is 4.98 Å². The van der Waals surface area contributed by atoms with E-state index in [1.54, 1.807) is 18.0 Å². The van der Waals surface area contributed by atoms with Crippen molar-refractivity contribution < 1.29 is 13.5 Å². The molecule has 0 radical (unpaired) electrons. The molecule has 0 atom stereocenters. The highest BCUT2D eigenvalue weighted by atomic mass is 32.2. The lowest BCUT2D eigenvalue weighted by atomic mass is 10.0. The second-order valence-corrected chi connectivity index (χ2v) is 8.20. The first-order chi connectivity index (χ1) is 12.0. The van der Waals surface area contributed by atoms with Gasteiger partial charge in [-0.05, 0) is 48.9 Å². The molecule has 0 bridgehead atoms. The molecule has 5 heteroatoms. The van der Waals surface area contributed by atoms with Crippen LogP contribution in [0.1, 0.15) is 44.2 Å². The summed E-state index contributed by atoms with van der Waals surface area (Å²) in [6, 6.07) is 6.45. The SMILES string of the molecule is CC(C)Cc1cc(F)c(OCc2cccnc2SC2CCC2)c(F)c1. The normalized spacial score (nSPS) is 14.6. The fourth-order valence-corrected chi connectivity index (χ4v) is 4.06. The summed E-state index contributed by atoms with van der Waals surface area (Å²) in [6.07, 6.45) is 6.03. The molecular weight excluding hydrogens is 340 g/mol. The van der Waals surface area contributed by atoms with Crippen LogP contribution in [0.15, 0.2) is 35.5 Å². The molecule has 2 nitrogen and oxygen atoms in total. The highest BCUT2D eigenvalue weighted by Gasteiger charge is 2.21. The number of benzene rings is 1. The van der Waals surface area contributed by atoms with Crippen LogP contribution in [0.4, 0.5) is 8.78 Å². The van der Waals surface area contributed by atoms with Gasteiger partial charge in [-0.15, -0.1) is 11.8 Å². The Kier molecular flexibility index (Phi) is 5.94. The fourth-order valence-electron chi connectivity index (χ4n) is 2.78. The molecule has 1 aromatic carbocycles. The highest BCUT2D eigenvalue weighted by molar-refractivity contribution is 8.00. The van der Waals surface area contributed by atoms with E-state index in [0.29, 0.717) is 23.2 Å². The summed E-state index contributed by atoms with van der Waals surface area (Å²) in [6.45, 7) is 4.15. The molecule has 0 N–H and O–H groups in total. The van der Waals surface area contributed by atoms with E-state index >= 15 is 0 Å². The van der Waals surface area contributed by atoms with Crippen LogP contribution in [-0.2, 0) is 13.0 Å². The average molecular weight is 363 g/mol. The van der Waals surface area contributed by atoms with E-state index in [4.69, 9.17) is 4.74 Å². The molecule has 1 fully saturated rings. The van der Waals surface area contributed by atoms with E-state index in [2.05, 4.69) is 4.98 Å². The van der Waals surface area contributed by atoms with Gasteiger partial charge in [0.15, 0.2) is 17.4 Å². The van der Waals surface area contributed by atoms with Crippen molar-refractivity contribution in [2.24, 2.45) is 5.92 Å². The van der Waals surface area contributed by atoms with Crippen LogP contribution in [0.5, 0.6) is 5.75 Å². The van der Waals surface area contributed by atoms with Gasteiger partial charge in [-0.2, -0.15) is 0 Å². The van der Waals surface area contributed by atoms with E-state index in [0.717, 1.165) is 10.6 Å². The van der Waals surface area contributed by atoms with Crippen LogP contribution in [0.3, 0.4) is 0 Å². The van der Waals surface area contributed by atoms with Gasteiger partial charge in [0.05, 0.1) is 0 Å². The molecule has 1 aliphatic rings. The van der Waals surface area contributed by atoms with Crippen molar-refractivity contribution in [3.05, 3.63) is 53.2 Å². The van der Waals surface area contributed by atoms with E-state index in [1.807, 2.05) is 26.0 Å². The molecule has 0 amide bonds. The highest BCUT2D eigenvalue weighted by Crippen LogP contribution is 2.37.